The highest BCUT2D eigenvalue weighted by molar-refractivity contribution is 5.69. The molecule has 272 valence electrons. The summed E-state index contributed by atoms with van der Waals surface area (Å²) in [5.41, 5.74) is -2.09. The highest BCUT2D eigenvalue weighted by Crippen LogP contribution is 2.14. The molecule has 0 saturated carbocycles. The first-order chi connectivity index (χ1) is 22.9. The number of carbonyl (C=O) groups excluding carboxylic acids is 2. The molecule has 1 rings (SSSR count). The standard InChI is InChI=1S/C38H67FN2O6/c1-3-5-7-9-11-13-15-17-19-21-23-25-27-29-35(42)46-32-40-31-34(39)37(44)41(38(40)45)33-47-36(43)30-28-26-24-22-20-18-16-14-12-10-8-6-4-2/h31H,3-30,32-33H2,1-2H3. The minimum Gasteiger partial charge on any atom is -0.444 e. The van der Waals surface area contributed by atoms with Crippen molar-refractivity contribution in [3.8, 4) is 0 Å². The van der Waals surface area contributed by atoms with Crippen molar-refractivity contribution in [2.75, 3.05) is 0 Å². The van der Waals surface area contributed by atoms with Crippen LogP contribution < -0.4 is 11.2 Å². The number of ether oxygens (including phenoxy) is 2. The number of esters is 2. The molecule has 1 aromatic rings. The lowest BCUT2D eigenvalue weighted by molar-refractivity contribution is -0.147. The van der Waals surface area contributed by atoms with E-state index in [4.69, 9.17) is 9.47 Å². The third-order valence-electron chi connectivity index (χ3n) is 8.88. The number of aromatic nitrogens is 2. The van der Waals surface area contributed by atoms with Crippen LogP contribution in [0.3, 0.4) is 0 Å². The van der Waals surface area contributed by atoms with Gasteiger partial charge in [-0.3, -0.25) is 19.0 Å². The van der Waals surface area contributed by atoms with E-state index in [1.54, 1.807) is 0 Å². The fourth-order valence-electron chi connectivity index (χ4n) is 5.82. The molecule has 0 aromatic carbocycles. The number of hydrogen-bond donors (Lipinski definition) is 0. The molecule has 0 amide bonds. The van der Waals surface area contributed by atoms with Gasteiger partial charge < -0.3 is 9.47 Å². The van der Waals surface area contributed by atoms with Crippen LogP contribution in [0.1, 0.15) is 194 Å². The first kappa shape index (κ1) is 42.6. The minimum absolute atomic E-state index is 0.173. The normalized spacial score (nSPS) is 11.2. The molecule has 0 aliphatic rings. The first-order valence-corrected chi connectivity index (χ1v) is 19.2. The Bertz CT molecular complexity index is 1050. The Morgan fingerprint density at radius 3 is 1.21 bits per heavy atom. The van der Waals surface area contributed by atoms with Gasteiger partial charge in [0.1, 0.15) is 0 Å². The predicted molar refractivity (Wildman–Crippen MR) is 188 cm³/mol. The minimum atomic E-state index is -1.19. The first-order valence-electron chi connectivity index (χ1n) is 19.2. The maximum absolute atomic E-state index is 14.3. The van der Waals surface area contributed by atoms with E-state index in [1.807, 2.05) is 0 Å². The molecule has 1 heterocycles. The molecule has 0 radical (unpaired) electrons. The molecule has 0 spiro atoms. The van der Waals surface area contributed by atoms with Crippen LogP contribution in [0.2, 0.25) is 0 Å². The van der Waals surface area contributed by atoms with E-state index in [2.05, 4.69) is 13.8 Å². The van der Waals surface area contributed by atoms with Gasteiger partial charge in [0.15, 0.2) is 13.5 Å². The maximum atomic E-state index is 14.3. The molecule has 0 atom stereocenters. The van der Waals surface area contributed by atoms with Crippen molar-refractivity contribution in [3.05, 3.63) is 32.9 Å². The fourth-order valence-corrected chi connectivity index (χ4v) is 5.82. The lowest BCUT2D eigenvalue weighted by Crippen LogP contribution is -2.42. The van der Waals surface area contributed by atoms with Crippen LogP contribution in [-0.4, -0.2) is 21.1 Å². The average molecular weight is 667 g/mol. The third kappa shape index (κ3) is 22.7. The highest BCUT2D eigenvalue weighted by Gasteiger charge is 2.14. The van der Waals surface area contributed by atoms with E-state index in [-0.39, 0.29) is 12.8 Å². The zero-order valence-corrected chi connectivity index (χ0v) is 30.0. The van der Waals surface area contributed by atoms with Crippen LogP contribution in [0, 0.1) is 5.82 Å². The van der Waals surface area contributed by atoms with Gasteiger partial charge in [-0.1, -0.05) is 168 Å². The summed E-state index contributed by atoms with van der Waals surface area (Å²) in [5, 5.41) is 0. The highest BCUT2D eigenvalue weighted by atomic mass is 19.1. The van der Waals surface area contributed by atoms with Gasteiger partial charge in [0.2, 0.25) is 5.82 Å². The van der Waals surface area contributed by atoms with Crippen LogP contribution in [0.15, 0.2) is 15.8 Å². The van der Waals surface area contributed by atoms with Crippen molar-refractivity contribution in [1.82, 2.24) is 9.13 Å². The summed E-state index contributed by atoms with van der Waals surface area (Å²) in [4.78, 5) is 49.3. The smallest absolute Gasteiger partial charge is 0.336 e. The van der Waals surface area contributed by atoms with Gasteiger partial charge in [0, 0.05) is 12.8 Å². The number of hydrogen-bond acceptors (Lipinski definition) is 6. The lowest BCUT2D eigenvalue weighted by atomic mass is 10.0. The van der Waals surface area contributed by atoms with E-state index in [0.29, 0.717) is 17.4 Å². The number of rotatable bonds is 32. The lowest BCUT2D eigenvalue weighted by Gasteiger charge is -2.11. The Kier molecular flexibility index (Phi) is 26.9. The molecule has 0 fully saturated rings. The number of unbranched alkanes of at least 4 members (excludes halogenated alkanes) is 24. The Morgan fingerprint density at radius 2 is 0.851 bits per heavy atom. The monoisotopic (exact) mass is 666 g/mol. The third-order valence-corrected chi connectivity index (χ3v) is 8.88. The van der Waals surface area contributed by atoms with Crippen molar-refractivity contribution in [2.24, 2.45) is 0 Å². The zero-order chi connectivity index (χ0) is 34.4. The van der Waals surface area contributed by atoms with Gasteiger partial charge in [-0.15, -0.1) is 0 Å². The van der Waals surface area contributed by atoms with E-state index < -0.39 is 42.5 Å². The molecule has 1 aromatic heterocycles. The number of nitrogens with zero attached hydrogens (tertiary/aromatic N) is 2. The second-order valence-corrected chi connectivity index (χ2v) is 13.2. The summed E-state index contributed by atoms with van der Waals surface area (Å²) in [6.45, 7) is 3.28. The van der Waals surface area contributed by atoms with Gasteiger partial charge >= 0.3 is 17.6 Å². The zero-order valence-electron chi connectivity index (χ0n) is 30.0. The Labute approximate surface area is 284 Å². The van der Waals surface area contributed by atoms with Gasteiger partial charge in [-0.2, -0.15) is 4.39 Å². The predicted octanol–water partition coefficient (Wildman–Crippen LogP) is 10.1. The second-order valence-electron chi connectivity index (χ2n) is 13.2. The number of halogens is 1. The fraction of sp³-hybridized carbons (Fsp3) is 0.842. The molecule has 9 heteroatoms. The Morgan fingerprint density at radius 1 is 0.532 bits per heavy atom. The summed E-state index contributed by atoms with van der Waals surface area (Å²) < 4.78 is 25.8. The molecule has 0 unspecified atom stereocenters. The quantitative estimate of drug-likeness (QED) is 0.0561. The molecule has 0 aliphatic heterocycles. The molecule has 8 nitrogen and oxygen atoms in total. The molecule has 0 bridgehead atoms. The van der Waals surface area contributed by atoms with Crippen LogP contribution in [0.5, 0.6) is 0 Å². The molecular weight excluding hydrogens is 599 g/mol. The van der Waals surface area contributed by atoms with E-state index in [9.17, 15) is 23.6 Å². The van der Waals surface area contributed by atoms with Crippen molar-refractivity contribution < 1.29 is 23.5 Å². The van der Waals surface area contributed by atoms with Crippen molar-refractivity contribution in [2.45, 2.75) is 207 Å². The van der Waals surface area contributed by atoms with Crippen molar-refractivity contribution >= 4 is 11.9 Å². The van der Waals surface area contributed by atoms with E-state index in [0.717, 1.165) is 49.3 Å². The summed E-state index contributed by atoms with van der Waals surface area (Å²) in [7, 11) is 0. The van der Waals surface area contributed by atoms with Crippen LogP contribution in [0.4, 0.5) is 4.39 Å². The van der Waals surface area contributed by atoms with Crippen LogP contribution >= 0.6 is 0 Å². The molecule has 0 saturated heterocycles. The topological polar surface area (TPSA) is 96.6 Å². The van der Waals surface area contributed by atoms with Crippen molar-refractivity contribution in [3.63, 3.8) is 0 Å². The molecule has 0 aliphatic carbocycles. The second kappa shape index (κ2) is 29.7. The van der Waals surface area contributed by atoms with Gasteiger partial charge in [-0.25, -0.2) is 9.36 Å². The van der Waals surface area contributed by atoms with Crippen molar-refractivity contribution in [1.29, 1.82) is 0 Å². The van der Waals surface area contributed by atoms with E-state index >= 15 is 0 Å². The van der Waals surface area contributed by atoms with Gasteiger partial charge in [0.25, 0.3) is 5.56 Å². The maximum Gasteiger partial charge on any atom is 0.336 e. The molecular formula is C38H67FN2O6. The van der Waals surface area contributed by atoms with Crippen LogP contribution in [0.25, 0.3) is 0 Å². The largest absolute Gasteiger partial charge is 0.444 e. The summed E-state index contributed by atoms with van der Waals surface area (Å²) in [5.74, 6) is -2.22. The van der Waals surface area contributed by atoms with E-state index in [1.165, 1.54) is 116 Å². The summed E-state index contributed by atoms with van der Waals surface area (Å²) >= 11 is 0. The van der Waals surface area contributed by atoms with Gasteiger partial charge in [0.05, 0.1) is 6.20 Å². The molecule has 47 heavy (non-hydrogen) atoms. The number of carbonyl (C=O) groups is 2. The Balaban J connectivity index is 2.19. The SMILES string of the molecule is CCCCCCCCCCCCCCCC(=O)OCn1cc(F)c(=O)n(COC(=O)CCCCCCCCCCCCCCC)c1=O. The Hall–Kier alpha value is -2.45. The average Bonchev–Trinajstić information content (AvgIpc) is 3.06. The van der Waals surface area contributed by atoms with Crippen LogP contribution in [-0.2, 0) is 32.5 Å². The summed E-state index contributed by atoms with van der Waals surface area (Å²) in [6, 6.07) is 0. The molecule has 0 N–H and O–H groups in total. The van der Waals surface area contributed by atoms with Gasteiger partial charge in [-0.05, 0) is 12.8 Å². The summed E-state index contributed by atoms with van der Waals surface area (Å²) in [6.07, 6.45) is 32.3.